The Balaban J connectivity index is 0.000000169. The molecule has 14 rings (SSSR count). The fourth-order valence-corrected chi connectivity index (χ4v) is 15.7. The molecule has 4 N–H and O–H groups in total. The summed E-state index contributed by atoms with van der Waals surface area (Å²) in [7, 11) is 1.98. The standard InChI is InChI=1S/C22H25N5O4S.C22H24N2O4S.C12H12N2O.C12H10N2O.C10H13ClO3S.C10H9NO2/c1-3-4-13-31-17-6-9-19(10-7-17)32(28,29)27-15-16(5-12-22-23-25-26-24-22)20-14-18(30-2)8-11-21(20)27;1-3-4-14-28-18-7-10-20(11-8-18)29(25,26)24-16-17(6-5-13-23)21-15-19(27-2)9-12-22(21)24;2*1-15-10-4-5-12-11(7-10)9(8-14-12)3-2-6-13;1-2-3-8-14-9-4-6-10(7-5-9)15(11,12)13;1-13-8-2-3-10-9(4-8)7(6-12)5-11-10/h6-11,14-15H,3-5,12-13H2,1-2H3,(H,23,24,25,26);7-12,15-16H,3-6,14H2,1-2H3;4-5,7-8,14H,2-3H2,1H3;2-5,7-8,14H,1H3;4-7H,2-3,8H2,1H3;2-6,11H,1H3/b;;;3-2+;;. The van der Waals surface area contributed by atoms with Gasteiger partial charge in [-0.3, -0.25) is 4.79 Å². The SMILES string of the molecule is CCCCOc1ccc(S(=O)(=O)Cl)cc1.CCCCOc1ccc(S(=O)(=O)n2cc(CCC#N)c3cc(OC)ccc32)cc1.CCCCOc1ccc(S(=O)(=O)n2cc(CCc3nn[nH]n3)c3cc(OC)ccc32)cc1.COc1ccc2[nH]cc(/C=C/C#N)c2c1.COc1ccc2[nH]cc(C=O)c2c1.COc1ccc2[nH]cc(CCC#N)c2c1. The van der Waals surface area contributed by atoms with Crippen molar-refractivity contribution in [1.29, 1.82) is 15.8 Å². The van der Waals surface area contributed by atoms with E-state index in [2.05, 4.69) is 68.5 Å². The number of nitriles is 3. The summed E-state index contributed by atoms with van der Waals surface area (Å²) in [5, 5.41) is 44.6. The molecule has 0 fully saturated rings. The average Bonchev–Trinajstić information content (AvgIpc) is 1.61. The van der Waals surface area contributed by atoms with Crippen LogP contribution in [0.3, 0.4) is 0 Å². The molecule has 31 heteroatoms. The summed E-state index contributed by atoms with van der Waals surface area (Å²) in [6, 6.07) is 53.2. The number of H-pyrrole nitrogens is 4. The van der Waals surface area contributed by atoms with E-state index in [0.717, 1.165) is 129 Å². The summed E-state index contributed by atoms with van der Waals surface area (Å²) in [4.78, 5) is 20.4. The highest BCUT2D eigenvalue weighted by Crippen LogP contribution is 2.34. The zero-order valence-electron chi connectivity index (χ0n) is 67.1. The van der Waals surface area contributed by atoms with Crippen molar-refractivity contribution in [2.45, 2.75) is 113 Å². The predicted octanol–water partition coefficient (Wildman–Crippen LogP) is 18.0. The fourth-order valence-electron chi connectivity index (χ4n) is 12.2. The number of allylic oxidation sites excluding steroid dienone is 1. The van der Waals surface area contributed by atoms with Crippen LogP contribution in [0.5, 0.6) is 46.0 Å². The van der Waals surface area contributed by atoms with Crippen molar-refractivity contribution in [2.75, 3.05) is 55.4 Å². The van der Waals surface area contributed by atoms with Gasteiger partial charge in [-0.25, -0.2) is 33.2 Å². The van der Waals surface area contributed by atoms with Gasteiger partial charge in [0.1, 0.15) is 46.0 Å². The summed E-state index contributed by atoms with van der Waals surface area (Å²) < 4.78 is 121. The number of aryl methyl sites for hydroxylation is 4. The molecule has 620 valence electrons. The molecule has 0 atom stereocenters. The molecule has 0 spiro atoms. The number of fused-ring (bicyclic) bond motifs is 5. The van der Waals surface area contributed by atoms with Crippen molar-refractivity contribution in [3.8, 4) is 64.2 Å². The number of methoxy groups -OCH3 is 5. The Kier molecular flexibility index (Phi) is 33.5. The topological polar surface area (TPSA) is 376 Å². The van der Waals surface area contributed by atoms with Gasteiger partial charge in [0, 0.05) is 122 Å². The lowest BCUT2D eigenvalue weighted by molar-refractivity contribution is 0.112. The van der Waals surface area contributed by atoms with Gasteiger partial charge in [-0.05, 0) is 225 Å². The van der Waals surface area contributed by atoms with Crippen LogP contribution in [0.2, 0.25) is 0 Å². The van der Waals surface area contributed by atoms with Crippen LogP contribution in [0, 0.1) is 34.0 Å². The monoisotopic (exact) mass is 1690 g/mol. The average molecular weight is 1690 g/mol. The molecule has 0 unspecified atom stereocenters. The van der Waals surface area contributed by atoms with Crippen LogP contribution in [0.15, 0.2) is 216 Å². The van der Waals surface area contributed by atoms with Gasteiger partial charge in [-0.15, -0.1) is 10.2 Å². The molecular weight excluding hydrogens is 1600 g/mol. The van der Waals surface area contributed by atoms with E-state index in [4.69, 9.17) is 64.4 Å². The summed E-state index contributed by atoms with van der Waals surface area (Å²) in [6.45, 7) is 8.11. The molecular formula is C88H93ClN12O15S3. The molecule has 6 heterocycles. The second kappa shape index (κ2) is 44.3. The highest BCUT2D eigenvalue weighted by molar-refractivity contribution is 8.13. The van der Waals surface area contributed by atoms with Gasteiger partial charge in [-0.2, -0.15) is 21.0 Å². The Morgan fingerprint density at radius 2 is 0.807 bits per heavy atom. The summed E-state index contributed by atoms with van der Waals surface area (Å²) in [6.07, 6.45) is 22.0. The van der Waals surface area contributed by atoms with Gasteiger partial charge in [-0.1, -0.05) is 45.2 Å². The molecule has 0 amide bonds. The van der Waals surface area contributed by atoms with E-state index in [1.807, 2.05) is 79.1 Å². The minimum atomic E-state index is -3.81. The number of unbranched alkanes of at least 4 members (excludes halogenated alkanes) is 3. The summed E-state index contributed by atoms with van der Waals surface area (Å²) in [5.74, 6) is 6.24. The number of hydrogen-bond donors (Lipinski definition) is 4. The Bertz CT molecular complexity index is 6180. The van der Waals surface area contributed by atoms with Gasteiger partial charge in [0.25, 0.3) is 29.1 Å². The third-order valence-electron chi connectivity index (χ3n) is 18.6. The molecule has 0 bridgehead atoms. The Morgan fingerprint density at radius 1 is 0.437 bits per heavy atom. The van der Waals surface area contributed by atoms with E-state index in [0.29, 0.717) is 103 Å². The van der Waals surface area contributed by atoms with E-state index < -0.39 is 29.1 Å². The molecule has 0 saturated heterocycles. The number of carbonyl (C=O) groups is 1. The van der Waals surface area contributed by atoms with E-state index in [9.17, 15) is 30.0 Å². The highest BCUT2D eigenvalue weighted by atomic mass is 35.7. The van der Waals surface area contributed by atoms with E-state index in [1.54, 1.807) is 151 Å². The third kappa shape index (κ3) is 24.3. The van der Waals surface area contributed by atoms with E-state index >= 15 is 0 Å². The first kappa shape index (κ1) is 89.9. The minimum absolute atomic E-state index is 0.0898. The van der Waals surface area contributed by atoms with Crippen LogP contribution < -0.4 is 37.9 Å². The maximum absolute atomic E-state index is 13.5. The van der Waals surface area contributed by atoms with Crippen LogP contribution in [0.25, 0.3) is 60.6 Å². The number of aromatic nitrogens is 9. The van der Waals surface area contributed by atoms with Gasteiger partial charge in [0.2, 0.25) is 0 Å². The number of rotatable bonds is 31. The quantitative estimate of drug-likeness (QED) is 0.0136. The van der Waals surface area contributed by atoms with Gasteiger partial charge < -0.3 is 52.8 Å². The molecule has 14 aromatic rings. The highest BCUT2D eigenvalue weighted by Gasteiger charge is 2.25. The van der Waals surface area contributed by atoms with Crippen molar-refractivity contribution in [1.82, 2.24) is 43.5 Å². The smallest absolute Gasteiger partial charge is 0.268 e. The largest absolute Gasteiger partial charge is 0.497 e. The van der Waals surface area contributed by atoms with Crippen molar-refractivity contribution in [3.05, 3.63) is 234 Å². The van der Waals surface area contributed by atoms with E-state index in [-0.39, 0.29) is 14.7 Å². The molecule has 119 heavy (non-hydrogen) atoms. The number of ether oxygens (including phenoxy) is 8. The molecule has 27 nitrogen and oxygen atoms in total. The van der Waals surface area contributed by atoms with Crippen molar-refractivity contribution >= 4 is 107 Å². The molecule has 0 aliphatic rings. The number of nitrogens with zero attached hydrogens (tertiary/aromatic N) is 8. The van der Waals surface area contributed by atoms with Crippen molar-refractivity contribution in [3.63, 3.8) is 0 Å². The van der Waals surface area contributed by atoms with Gasteiger partial charge in [0.05, 0.1) is 99.3 Å². The normalized spacial score (nSPS) is 11.1. The zero-order valence-corrected chi connectivity index (χ0v) is 70.3. The summed E-state index contributed by atoms with van der Waals surface area (Å²) in [5.41, 5.74) is 8.68. The Morgan fingerprint density at radius 3 is 1.20 bits per heavy atom. The van der Waals surface area contributed by atoms with Gasteiger partial charge in [0.15, 0.2) is 12.1 Å². The minimum Gasteiger partial charge on any atom is -0.497 e. The number of carbonyl (C=O) groups excluding carboxylic acids is 1. The molecule has 0 aliphatic heterocycles. The van der Waals surface area contributed by atoms with Crippen LogP contribution in [-0.4, -0.2) is 130 Å². The number of aldehydes is 1. The number of benzene rings is 8. The first-order chi connectivity index (χ1) is 57.6. The zero-order chi connectivity index (χ0) is 85.3. The number of tetrazole rings is 1. The molecule has 0 radical (unpaired) electrons. The fraction of sp³-hybridized carbons (Fsp3) is 0.261. The van der Waals surface area contributed by atoms with Crippen molar-refractivity contribution in [2.24, 2.45) is 0 Å². The molecule has 0 aliphatic carbocycles. The second-order valence-corrected chi connectivity index (χ2v) is 32.6. The number of halogens is 1. The number of nitrogens with one attached hydrogen (secondary N) is 4. The lowest BCUT2D eigenvalue weighted by Gasteiger charge is -2.10. The Hall–Kier alpha value is -13.1. The van der Waals surface area contributed by atoms with Crippen LogP contribution in [-0.2, 0) is 54.8 Å². The summed E-state index contributed by atoms with van der Waals surface area (Å²) >= 11 is 0. The number of hydrogen-bond acceptors (Lipinski definition) is 21. The van der Waals surface area contributed by atoms with Gasteiger partial charge >= 0.3 is 0 Å². The maximum Gasteiger partial charge on any atom is 0.268 e. The lowest BCUT2D eigenvalue weighted by Crippen LogP contribution is -2.12. The molecule has 0 saturated carbocycles. The van der Waals surface area contributed by atoms with Crippen LogP contribution in [0.1, 0.15) is 111 Å². The second-order valence-electron chi connectivity index (χ2n) is 26.4. The first-order valence-electron chi connectivity index (χ1n) is 38.0. The molecule has 8 aromatic carbocycles. The lowest BCUT2D eigenvalue weighted by atomic mass is 10.1. The number of aromatic amines is 4. The predicted molar refractivity (Wildman–Crippen MR) is 460 cm³/mol. The van der Waals surface area contributed by atoms with E-state index in [1.165, 1.54) is 31.7 Å². The Labute approximate surface area is 696 Å². The molecule has 6 aromatic heterocycles. The maximum atomic E-state index is 13.5. The van der Waals surface area contributed by atoms with Crippen LogP contribution in [0.4, 0.5) is 0 Å². The van der Waals surface area contributed by atoms with Crippen molar-refractivity contribution < 1.29 is 67.9 Å². The van der Waals surface area contributed by atoms with Crippen LogP contribution >= 0.6 is 10.7 Å². The first-order valence-corrected chi connectivity index (χ1v) is 43.2. The third-order valence-corrected chi connectivity index (χ3v) is 23.3.